The second-order valence-electron chi connectivity index (χ2n) is 7.57. The number of piperidine rings is 1. The monoisotopic (exact) mass is 374 g/mol. The molecule has 2 saturated heterocycles. The van der Waals surface area contributed by atoms with Gasteiger partial charge in [-0.15, -0.1) is 0 Å². The molecule has 0 unspecified atom stereocenters. The maximum absolute atomic E-state index is 12.2. The van der Waals surface area contributed by atoms with Crippen LogP contribution >= 0.6 is 0 Å². The molecule has 6 heteroatoms. The number of esters is 1. The van der Waals surface area contributed by atoms with Gasteiger partial charge < -0.3 is 14.4 Å². The summed E-state index contributed by atoms with van der Waals surface area (Å²) < 4.78 is 10.4. The summed E-state index contributed by atoms with van der Waals surface area (Å²) in [5, 5.41) is 0. The van der Waals surface area contributed by atoms with Crippen molar-refractivity contribution in [1.29, 1.82) is 0 Å². The summed E-state index contributed by atoms with van der Waals surface area (Å²) in [6, 6.07) is 9.77. The fourth-order valence-electron chi connectivity index (χ4n) is 3.98. The summed E-state index contributed by atoms with van der Waals surface area (Å²) in [7, 11) is 0. The Labute approximate surface area is 161 Å². The van der Waals surface area contributed by atoms with Gasteiger partial charge in [0.1, 0.15) is 6.61 Å². The first-order valence-corrected chi connectivity index (χ1v) is 9.97. The van der Waals surface area contributed by atoms with Crippen molar-refractivity contribution in [3.8, 4) is 0 Å². The number of carbonyl (C=O) groups excluding carboxylic acids is 2. The summed E-state index contributed by atoms with van der Waals surface area (Å²) in [5.41, 5.74) is 1.01. The largest absolute Gasteiger partial charge is 0.465 e. The van der Waals surface area contributed by atoms with E-state index in [0.717, 1.165) is 44.6 Å². The van der Waals surface area contributed by atoms with Crippen molar-refractivity contribution in [2.45, 2.75) is 32.8 Å². The molecular formula is C21H30N2O4. The molecule has 0 aliphatic carbocycles. The lowest BCUT2D eigenvalue weighted by Crippen LogP contribution is -2.50. The van der Waals surface area contributed by atoms with Gasteiger partial charge in [-0.3, -0.25) is 9.69 Å². The molecule has 2 aliphatic heterocycles. The maximum atomic E-state index is 12.2. The number of amides is 1. The lowest BCUT2D eigenvalue weighted by molar-refractivity contribution is -0.146. The Hall–Kier alpha value is -2.08. The molecule has 27 heavy (non-hydrogen) atoms. The zero-order chi connectivity index (χ0) is 19.1. The Balaban J connectivity index is 1.29. The van der Waals surface area contributed by atoms with Crippen molar-refractivity contribution in [2.75, 3.05) is 39.3 Å². The second kappa shape index (κ2) is 9.74. The lowest BCUT2D eigenvalue weighted by atomic mass is 9.84. The molecule has 1 aromatic rings. The van der Waals surface area contributed by atoms with E-state index < -0.39 is 0 Å². The van der Waals surface area contributed by atoms with Crippen LogP contribution in [0.2, 0.25) is 0 Å². The number of hydrogen-bond donors (Lipinski definition) is 0. The summed E-state index contributed by atoms with van der Waals surface area (Å²) in [6.45, 7) is 6.54. The van der Waals surface area contributed by atoms with Crippen molar-refractivity contribution in [1.82, 2.24) is 9.80 Å². The van der Waals surface area contributed by atoms with Gasteiger partial charge in [0.2, 0.25) is 0 Å². The van der Waals surface area contributed by atoms with E-state index in [0.29, 0.717) is 31.6 Å². The highest BCUT2D eigenvalue weighted by Crippen LogP contribution is 2.29. The zero-order valence-corrected chi connectivity index (χ0v) is 16.1. The molecule has 6 nitrogen and oxygen atoms in total. The van der Waals surface area contributed by atoms with Crippen LogP contribution < -0.4 is 0 Å². The van der Waals surface area contributed by atoms with Crippen LogP contribution in [0, 0.1) is 11.8 Å². The van der Waals surface area contributed by atoms with E-state index in [-0.39, 0.29) is 12.1 Å². The Morgan fingerprint density at radius 2 is 1.74 bits per heavy atom. The molecule has 2 fully saturated rings. The van der Waals surface area contributed by atoms with Crippen LogP contribution in [-0.2, 0) is 20.9 Å². The van der Waals surface area contributed by atoms with Gasteiger partial charge in [0, 0.05) is 26.2 Å². The van der Waals surface area contributed by atoms with E-state index in [4.69, 9.17) is 9.47 Å². The van der Waals surface area contributed by atoms with E-state index >= 15 is 0 Å². The highest BCUT2D eigenvalue weighted by atomic mass is 16.6. The number of benzene rings is 1. The third kappa shape index (κ3) is 5.96. The molecule has 2 aliphatic rings. The predicted molar refractivity (Wildman–Crippen MR) is 102 cm³/mol. The van der Waals surface area contributed by atoms with Gasteiger partial charge >= 0.3 is 12.1 Å². The highest BCUT2D eigenvalue weighted by molar-refractivity contribution is 5.71. The molecule has 148 valence electrons. The molecule has 0 atom stereocenters. The second-order valence-corrected chi connectivity index (χ2v) is 7.57. The van der Waals surface area contributed by atoms with Crippen LogP contribution in [0.1, 0.15) is 31.7 Å². The number of hydrogen-bond acceptors (Lipinski definition) is 5. The van der Waals surface area contributed by atoms with Crippen molar-refractivity contribution in [2.24, 2.45) is 11.8 Å². The summed E-state index contributed by atoms with van der Waals surface area (Å²) in [6.07, 6.45) is 3.05. The van der Waals surface area contributed by atoms with E-state index in [1.54, 1.807) is 0 Å². The molecule has 0 saturated carbocycles. The summed E-state index contributed by atoms with van der Waals surface area (Å²) >= 11 is 0. The SMILES string of the molecule is CCOC(=O)CN1CC(CC2CCN(C(=O)OCc3ccccc3)CC2)C1. The average Bonchev–Trinajstić information content (AvgIpc) is 2.66. The Kier molecular flexibility index (Phi) is 7.10. The third-order valence-electron chi connectivity index (χ3n) is 5.44. The number of ether oxygens (including phenoxy) is 2. The van der Waals surface area contributed by atoms with E-state index in [1.165, 1.54) is 6.42 Å². The van der Waals surface area contributed by atoms with Crippen molar-refractivity contribution in [3.05, 3.63) is 35.9 Å². The summed E-state index contributed by atoms with van der Waals surface area (Å²) in [5.74, 6) is 1.21. The van der Waals surface area contributed by atoms with Crippen molar-refractivity contribution in [3.63, 3.8) is 0 Å². The van der Waals surface area contributed by atoms with Gasteiger partial charge in [0.15, 0.2) is 0 Å². The molecular weight excluding hydrogens is 344 g/mol. The first kappa shape index (κ1) is 19.7. The van der Waals surface area contributed by atoms with Crippen LogP contribution in [0.5, 0.6) is 0 Å². The van der Waals surface area contributed by atoms with Crippen LogP contribution in [0.4, 0.5) is 4.79 Å². The Morgan fingerprint density at radius 1 is 1.04 bits per heavy atom. The number of nitrogens with zero attached hydrogens (tertiary/aromatic N) is 2. The predicted octanol–water partition coefficient (Wildman–Crippen LogP) is 2.92. The van der Waals surface area contributed by atoms with Gasteiger partial charge in [-0.2, -0.15) is 0 Å². The fourth-order valence-corrected chi connectivity index (χ4v) is 3.98. The number of rotatable bonds is 7. The molecule has 0 radical (unpaired) electrons. The van der Waals surface area contributed by atoms with Gasteiger partial charge in [0.05, 0.1) is 13.2 Å². The minimum Gasteiger partial charge on any atom is -0.465 e. The molecule has 0 bridgehead atoms. The number of likely N-dealkylation sites (tertiary alicyclic amines) is 2. The van der Waals surface area contributed by atoms with E-state index in [2.05, 4.69) is 4.90 Å². The standard InChI is InChI=1S/C21H30N2O4/c1-2-26-20(24)15-22-13-19(14-22)12-17-8-10-23(11-9-17)21(25)27-16-18-6-4-3-5-7-18/h3-7,17,19H,2,8-16H2,1H3. The van der Waals surface area contributed by atoms with Crippen molar-refractivity contribution < 1.29 is 19.1 Å². The molecule has 2 heterocycles. The molecule has 3 rings (SSSR count). The third-order valence-corrected chi connectivity index (χ3v) is 5.44. The van der Waals surface area contributed by atoms with Crippen LogP contribution in [0.15, 0.2) is 30.3 Å². The van der Waals surface area contributed by atoms with Gasteiger partial charge in [-0.05, 0) is 43.6 Å². The number of carbonyl (C=O) groups is 2. The first-order valence-electron chi connectivity index (χ1n) is 9.97. The van der Waals surface area contributed by atoms with Gasteiger partial charge in [0.25, 0.3) is 0 Å². The first-order chi connectivity index (χ1) is 13.1. The maximum Gasteiger partial charge on any atom is 0.410 e. The zero-order valence-electron chi connectivity index (χ0n) is 16.1. The molecule has 0 spiro atoms. The Bertz CT molecular complexity index is 608. The average molecular weight is 374 g/mol. The summed E-state index contributed by atoms with van der Waals surface area (Å²) in [4.78, 5) is 27.7. The van der Waals surface area contributed by atoms with Gasteiger partial charge in [-0.1, -0.05) is 30.3 Å². The highest BCUT2D eigenvalue weighted by Gasteiger charge is 2.32. The molecule has 1 amide bonds. The quantitative estimate of drug-likeness (QED) is 0.687. The minimum atomic E-state index is -0.207. The fraction of sp³-hybridized carbons (Fsp3) is 0.619. The molecule has 0 N–H and O–H groups in total. The normalized spacial score (nSPS) is 18.8. The Morgan fingerprint density at radius 3 is 2.41 bits per heavy atom. The molecule has 1 aromatic carbocycles. The van der Waals surface area contributed by atoms with E-state index in [9.17, 15) is 9.59 Å². The van der Waals surface area contributed by atoms with Crippen LogP contribution in [-0.4, -0.2) is 61.2 Å². The van der Waals surface area contributed by atoms with E-state index in [1.807, 2.05) is 42.2 Å². The topological polar surface area (TPSA) is 59.1 Å². The van der Waals surface area contributed by atoms with Crippen LogP contribution in [0.3, 0.4) is 0 Å². The van der Waals surface area contributed by atoms with Crippen LogP contribution in [0.25, 0.3) is 0 Å². The van der Waals surface area contributed by atoms with Crippen molar-refractivity contribution >= 4 is 12.1 Å². The van der Waals surface area contributed by atoms with Gasteiger partial charge in [-0.25, -0.2) is 4.79 Å². The smallest absolute Gasteiger partial charge is 0.410 e. The molecule has 0 aromatic heterocycles. The lowest BCUT2D eigenvalue weighted by Gasteiger charge is -2.41. The minimum absolute atomic E-state index is 0.127.